The second kappa shape index (κ2) is 10.4. The number of rotatable bonds is 6. The molecule has 0 aliphatic carbocycles. The average molecular weight is 652 g/mol. The van der Waals surface area contributed by atoms with Crippen molar-refractivity contribution in [3.8, 4) is 5.75 Å². The number of halogens is 3. The van der Waals surface area contributed by atoms with Gasteiger partial charge in [0.15, 0.2) is 6.61 Å². The quantitative estimate of drug-likeness (QED) is 0.474. The Hall–Kier alpha value is -1.47. The molecule has 31 heavy (non-hydrogen) atoms. The van der Waals surface area contributed by atoms with Gasteiger partial charge in [0, 0.05) is 35.3 Å². The van der Waals surface area contributed by atoms with Gasteiger partial charge < -0.3 is 14.7 Å². The Labute approximate surface area is 208 Å². The molecule has 3 rings (SSSR count). The number of carbonyl (C=O) groups excluding carboxylic acids is 1. The molecule has 1 aliphatic heterocycles. The van der Waals surface area contributed by atoms with E-state index in [4.69, 9.17) is 4.74 Å². The number of piperazine rings is 1. The van der Waals surface area contributed by atoms with Crippen LogP contribution in [0.3, 0.4) is 0 Å². The summed E-state index contributed by atoms with van der Waals surface area (Å²) in [4.78, 5) is 28.5. The van der Waals surface area contributed by atoms with Gasteiger partial charge in [0.25, 0.3) is 5.91 Å². The van der Waals surface area contributed by atoms with Gasteiger partial charge in [-0.2, -0.15) is 0 Å². The number of ether oxygens (including phenoxy) is 1. The van der Waals surface area contributed by atoms with Gasteiger partial charge in [-0.1, -0.05) is 12.1 Å². The highest BCUT2D eigenvalue weighted by Gasteiger charge is 2.32. The summed E-state index contributed by atoms with van der Waals surface area (Å²) in [6.07, 6.45) is 0. The predicted octanol–water partition coefficient (Wildman–Crippen LogP) is 4.23. The molecule has 6 nitrogen and oxygen atoms in total. The van der Waals surface area contributed by atoms with Crippen molar-refractivity contribution in [2.75, 3.05) is 19.7 Å². The minimum Gasteiger partial charge on any atom is -0.482 e. The highest BCUT2D eigenvalue weighted by molar-refractivity contribution is 14.1. The van der Waals surface area contributed by atoms with Crippen molar-refractivity contribution in [1.29, 1.82) is 0 Å². The Bertz CT molecular complexity index is 971. The van der Waals surface area contributed by atoms with E-state index in [1.807, 2.05) is 35.6 Å². The van der Waals surface area contributed by atoms with Gasteiger partial charge in [0.05, 0.1) is 3.57 Å². The third-order valence-corrected chi connectivity index (χ3v) is 6.74. The van der Waals surface area contributed by atoms with Gasteiger partial charge in [-0.05, 0) is 88.9 Å². The molecule has 0 spiro atoms. The fourth-order valence-corrected chi connectivity index (χ4v) is 5.67. The maximum atomic E-state index is 13.2. The molecule has 0 bridgehead atoms. The van der Waals surface area contributed by atoms with Crippen LogP contribution in [0.15, 0.2) is 36.4 Å². The van der Waals surface area contributed by atoms with Crippen molar-refractivity contribution in [3.63, 3.8) is 0 Å². The smallest absolute Gasteiger partial charge is 0.339 e. The molecule has 1 aliphatic rings. The van der Waals surface area contributed by atoms with Crippen molar-refractivity contribution in [2.45, 2.75) is 32.5 Å². The number of hydrogen-bond acceptors (Lipinski definition) is 4. The molecule has 9 heteroatoms. The van der Waals surface area contributed by atoms with Crippen LogP contribution in [0.5, 0.6) is 5.75 Å². The van der Waals surface area contributed by atoms with Crippen LogP contribution in [0.1, 0.15) is 29.8 Å². The van der Waals surface area contributed by atoms with Gasteiger partial charge in [0.2, 0.25) is 0 Å². The van der Waals surface area contributed by atoms with E-state index < -0.39 is 5.97 Å². The summed E-state index contributed by atoms with van der Waals surface area (Å²) in [6, 6.07) is 9.91. The summed E-state index contributed by atoms with van der Waals surface area (Å²) in [5.41, 5.74) is 1.08. The first kappa shape index (κ1) is 24.2. The maximum Gasteiger partial charge on any atom is 0.339 e. The van der Waals surface area contributed by atoms with E-state index in [9.17, 15) is 19.1 Å². The van der Waals surface area contributed by atoms with Crippen molar-refractivity contribution < 1.29 is 23.8 Å². The second-order valence-electron chi connectivity index (χ2n) is 7.66. The molecule has 1 N–H and O–H groups in total. The summed E-state index contributed by atoms with van der Waals surface area (Å²) >= 11 is 4.07. The second-order valence-corrected chi connectivity index (χ2v) is 10.1. The predicted molar refractivity (Wildman–Crippen MR) is 132 cm³/mol. The van der Waals surface area contributed by atoms with Crippen LogP contribution in [-0.4, -0.2) is 58.6 Å². The average Bonchev–Trinajstić information content (AvgIpc) is 2.70. The number of amides is 1. The molecule has 166 valence electrons. The Morgan fingerprint density at radius 2 is 1.81 bits per heavy atom. The molecule has 0 aromatic heterocycles. The zero-order valence-corrected chi connectivity index (χ0v) is 21.5. The topological polar surface area (TPSA) is 70.1 Å². The first-order valence-corrected chi connectivity index (χ1v) is 11.9. The monoisotopic (exact) mass is 652 g/mol. The van der Waals surface area contributed by atoms with Gasteiger partial charge >= 0.3 is 5.97 Å². The Morgan fingerprint density at radius 3 is 2.45 bits per heavy atom. The van der Waals surface area contributed by atoms with Gasteiger partial charge in [-0.3, -0.25) is 9.69 Å². The molecule has 0 saturated carbocycles. The lowest BCUT2D eigenvalue weighted by Gasteiger charge is -2.44. The Balaban J connectivity index is 1.63. The lowest BCUT2D eigenvalue weighted by atomic mass is 10.1. The number of carboxylic acids is 1. The number of carboxylic acid groups (broad SMARTS) is 1. The number of carbonyl (C=O) groups is 2. The summed E-state index contributed by atoms with van der Waals surface area (Å²) in [5, 5.41) is 9.46. The van der Waals surface area contributed by atoms with E-state index in [0.717, 1.165) is 9.13 Å². The van der Waals surface area contributed by atoms with E-state index in [1.54, 1.807) is 17.0 Å². The fourth-order valence-electron chi connectivity index (χ4n) is 3.67. The number of aromatic carboxylic acids is 1. The van der Waals surface area contributed by atoms with E-state index in [1.165, 1.54) is 18.2 Å². The molecule has 2 atom stereocenters. The minimum absolute atomic E-state index is 0.0255. The third-order valence-electron chi connectivity index (χ3n) is 5.31. The van der Waals surface area contributed by atoms with Crippen molar-refractivity contribution in [3.05, 3.63) is 60.5 Å². The summed E-state index contributed by atoms with van der Waals surface area (Å²) in [7, 11) is 0. The lowest BCUT2D eigenvalue weighted by Crippen LogP contribution is -2.58. The standard InChI is InChI=1S/C22H23FI2N2O4/c1-13-10-27(14(2)9-26(13)11-15-3-5-16(23)6-4-15)20(28)12-31-21-18(22(29)30)7-17(24)8-19(21)25/h3-8,13-14H,9-12H2,1-2H3,(H,29,30). The van der Waals surface area contributed by atoms with Gasteiger partial charge in [0.1, 0.15) is 17.1 Å². The largest absolute Gasteiger partial charge is 0.482 e. The number of nitrogens with zero attached hydrogens (tertiary/aromatic N) is 2. The minimum atomic E-state index is -1.09. The first-order chi connectivity index (χ1) is 14.7. The van der Waals surface area contributed by atoms with Crippen LogP contribution >= 0.6 is 45.2 Å². The fraction of sp³-hybridized carbons (Fsp3) is 0.364. The third kappa shape index (κ3) is 6.07. The van der Waals surface area contributed by atoms with Crippen LogP contribution in [0, 0.1) is 13.0 Å². The van der Waals surface area contributed by atoms with Crippen LogP contribution in [0.25, 0.3) is 0 Å². The molecule has 1 amide bonds. The Kier molecular flexibility index (Phi) is 8.14. The molecule has 0 radical (unpaired) electrons. The molecule has 1 saturated heterocycles. The van der Waals surface area contributed by atoms with Crippen molar-refractivity contribution >= 4 is 57.1 Å². The molecule has 2 aromatic rings. The zero-order valence-electron chi connectivity index (χ0n) is 17.1. The normalized spacial score (nSPS) is 19.3. The highest BCUT2D eigenvalue weighted by atomic mass is 127. The SMILES string of the molecule is CC1CN(C(=O)COc2c(I)cc(I)cc2C(=O)O)C(C)CN1Cc1ccc(F)cc1. The molecule has 1 fully saturated rings. The Morgan fingerprint density at radius 1 is 1.13 bits per heavy atom. The van der Waals surface area contributed by atoms with Gasteiger partial charge in [-0.15, -0.1) is 0 Å². The van der Waals surface area contributed by atoms with Crippen molar-refractivity contribution in [1.82, 2.24) is 9.80 Å². The maximum absolute atomic E-state index is 13.2. The van der Waals surface area contributed by atoms with E-state index in [2.05, 4.69) is 34.4 Å². The van der Waals surface area contributed by atoms with Crippen molar-refractivity contribution in [2.24, 2.45) is 0 Å². The first-order valence-electron chi connectivity index (χ1n) is 9.78. The molecular formula is C22H23FI2N2O4. The highest BCUT2D eigenvalue weighted by Crippen LogP contribution is 2.29. The van der Waals surface area contributed by atoms with E-state index >= 15 is 0 Å². The van der Waals surface area contributed by atoms with Crippen LogP contribution in [-0.2, 0) is 11.3 Å². The molecule has 2 aromatic carbocycles. The van der Waals surface area contributed by atoms with E-state index in [0.29, 0.717) is 23.2 Å². The molecular weight excluding hydrogens is 629 g/mol. The number of hydrogen-bond donors (Lipinski definition) is 1. The molecule has 1 heterocycles. The summed E-state index contributed by atoms with van der Waals surface area (Å²) < 4.78 is 20.3. The van der Waals surface area contributed by atoms with Gasteiger partial charge in [-0.25, -0.2) is 9.18 Å². The van der Waals surface area contributed by atoms with Crippen LogP contribution in [0.4, 0.5) is 4.39 Å². The molecule has 2 unspecified atom stereocenters. The summed E-state index contributed by atoms with van der Waals surface area (Å²) in [5.74, 6) is -1.30. The van der Waals surface area contributed by atoms with Crippen LogP contribution < -0.4 is 4.74 Å². The zero-order chi connectivity index (χ0) is 22.7. The van der Waals surface area contributed by atoms with E-state index in [-0.39, 0.29) is 41.7 Å². The number of benzene rings is 2. The summed E-state index contributed by atoms with van der Waals surface area (Å²) in [6.45, 7) is 5.74. The van der Waals surface area contributed by atoms with Crippen LogP contribution in [0.2, 0.25) is 0 Å². The lowest BCUT2D eigenvalue weighted by molar-refractivity contribution is -0.139.